The van der Waals surface area contributed by atoms with Gasteiger partial charge in [-0.15, -0.1) is 0 Å². The van der Waals surface area contributed by atoms with Crippen molar-refractivity contribution in [2.75, 3.05) is 49.2 Å². The zero-order valence-corrected chi connectivity index (χ0v) is 15.3. The summed E-state index contributed by atoms with van der Waals surface area (Å²) in [4.78, 5) is 11.6. The van der Waals surface area contributed by atoms with Gasteiger partial charge in [0.25, 0.3) is 0 Å². The Bertz CT molecular complexity index is 405. The predicted octanol–water partition coefficient (Wildman–Crippen LogP) is 1.61. The molecule has 0 unspecified atom stereocenters. The molecule has 2 heterocycles. The number of rotatable bonds is 7. The fourth-order valence-corrected chi connectivity index (χ4v) is 4.73. The van der Waals surface area contributed by atoms with Gasteiger partial charge in [0.15, 0.2) is 0 Å². The quantitative estimate of drug-likeness (QED) is 0.323. The summed E-state index contributed by atoms with van der Waals surface area (Å²) < 4.78 is 8.37. The third-order valence-corrected chi connectivity index (χ3v) is 7.39. The van der Waals surface area contributed by atoms with Crippen LogP contribution < -0.4 is 10.5 Å². The normalized spacial score (nSPS) is 17.8. The molecule has 120 valence electrons. The Morgan fingerprint density at radius 1 is 1.24 bits per heavy atom. The summed E-state index contributed by atoms with van der Waals surface area (Å²) in [6.07, 6.45) is 2.84. The summed E-state index contributed by atoms with van der Waals surface area (Å²) in [6, 6.07) is 3.87. The van der Waals surface area contributed by atoms with Gasteiger partial charge in [0.2, 0.25) is 0 Å². The Morgan fingerprint density at radius 3 is 2.57 bits per heavy atom. The molecule has 0 amide bonds. The van der Waals surface area contributed by atoms with Gasteiger partial charge in [-0.25, -0.2) is 0 Å². The van der Waals surface area contributed by atoms with Crippen LogP contribution in [-0.2, 0) is 6.54 Å². The molecule has 1 aromatic heterocycles. The van der Waals surface area contributed by atoms with E-state index in [9.17, 15) is 0 Å². The number of pyridine rings is 1. The van der Waals surface area contributed by atoms with Gasteiger partial charge in [0.1, 0.15) is 0 Å². The Kier molecular flexibility index (Phi) is 7.15. The van der Waals surface area contributed by atoms with Crippen molar-refractivity contribution in [3.63, 3.8) is 0 Å². The van der Waals surface area contributed by atoms with E-state index in [1.807, 2.05) is 12.1 Å². The van der Waals surface area contributed by atoms with E-state index in [2.05, 4.69) is 22.9 Å². The molecule has 0 spiro atoms. The number of piperazine rings is 1. The molecule has 1 aromatic rings. The molecular formula is C15H27IN4O. The third kappa shape index (κ3) is 5.69. The van der Waals surface area contributed by atoms with Crippen molar-refractivity contribution in [2.45, 2.75) is 13.0 Å². The van der Waals surface area contributed by atoms with Crippen molar-refractivity contribution in [3.05, 3.63) is 23.9 Å². The molecule has 1 aliphatic heterocycles. The molecule has 2 N–H and O–H groups in total. The maximum absolute atomic E-state index is 5.67. The van der Waals surface area contributed by atoms with Crippen molar-refractivity contribution in [2.24, 2.45) is 5.73 Å². The average molecular weight is 406 g/mol. The Hall–Kier alpha value is -0.440. The van der Waals surface area contributed by atoms with E-state index in [-0.39, 0.29) is 0 Å². The molecule has 5 nitrogen and oxygen atoms in total. The van der Waals surface area contributed by atoms with E-state index in [1.165, 1.54) is 26.2 Å². The SMILES string of the molecule is CI(C)N1CCN(CCCOc2ccc(CN)cn2)CC1. The van der Waals surface area contributed by atoms with E-state index < -0.39 is 20.1 Å². The molecule has 21 heavy (non-hydrogen) atoms. The van der Waals surface area contributed by atoms with Crippen molar-refractivity contribution >= 4 is 20.1 Å². The number of halogens is 1. The molecule has 1 aliphatic rings. The van der Waals surface area contributed by atoms with Crippen LogP contribution in [0.5, 0.6) is 5.88 Å². The second kappa shape index (κ2) is 8.87. The van der Waals surface area contributed by atoms with Crippen LogP contribution in [0.3, 0.4) is 0 Å². The number of hydrogen-bond donors (Lipinski definition) is 1. The monoisotopic (exact) mass is 406 g/mol. The first-order valence-electron chi connectivity index (χ1n) is 7.44. The molecule has 0 saturated carbocycles. The van der Waals surface area contributed by atoms with Gasteiger partial charge >= 0.3 is 123 Å². The van der Waals surface area contributed by atoms with Crippen molar-refractivity contribution < 1.29 is 4.74 Å². The Morgan fingerprint density at radius 2 is 2.00 bits per heavy atom. The molecule has 1 fully saturated rings. The van der Waals surface area contributed by atoms with Crippen LogP contribution in [0.15, 0.2) is 18.3 Å². The zero-order chi connectivity index (χ0) is 15.1. The number of nitrogens with zero attached hydrogens (tertiary/aromatic N) is 3. The van der Waals surface area contributed by atoms with Gasteiger partial charge in [-0.05, 0) is 0 Å². The molecule has 0 atom stereocenters. The fourth-order valence-electron chi connectivity index (χ4n) is 2.37. The van der Waals surface area contributed by atoms with E-state index in [0.29, 0.717) is 12.4 Å². The minimum absolute atomic E-state index is 0.527. The Balaban J connectivity index is 1.59. The second-order valence-electron chi connectivity index (χ2n) is 5.38. The molecule has 6 heteroatoms. The van der Waals surface area contributed by atoms with Crippen LogP contribution in [0, 0.1) is 0 Å². The fraction of sp³-hybridized carbons (Fsp3) is 0.667. The summed E-state index contributed by atoms with van der Waals surface area (Å²) in [7, 11) is 0. The summed E-state index contributed by atoms with van der Waals surface area (Å²) in [5.74, 6) is 0.698. The van der Waals surface area contributed by atoms with Gasteiger partial charge in [-0.1, -0.05) is 0 Å². The molecule has 2 rings (SSSR count). The maximum atomic E-state index is 5.67. The first kappa shape index (κ1) is 16.9. The van der Waals surface area contributed by atoms with Crippen molar-refractivity contribution in [3.8, 4) is 5.88 Å². The van der Waals surface area contributed by atoms with Crippen LogP contribution in [0.2, 0.25) is 0 Å². The van der Waals surface area contributed by atoms with Crippen LogP contribution in [0.4, 0.5) is 0 Å². The van der Waals surface area contributed by atoms with Crippen LogP contribution in [0.1, 0.15) is 12.0 Å². The number of ether oxygens (including phenoxy) is 1. The molecule has 0 radical (unpaired) electrons. The number of aromatic nitrogens is 1. The van der Waals surface area contributed by atoms with Crippen molar-refractivity contribution in [1.82, 2.24) is 13.0 Å². The predicted molar refractivity (Wildman–Crippen MR) is 96.1 cm³/mol. The van der Waals surface area contributed by atoms with Crippen LogP contribution in [-0.4, -0.2) is 62.2 Å². The summed E-state index contributed by atoms with van der Waals surface area (Å²) in [6.45, 7) is 7.30. The van der Waals surface area contributed by atoms with Gasteiger partial charge in [0.05, 0.1) is 0 Å². The van der Waals surface area contributed by atoms with Crippen LogP contribution in [0.25, 0.3) is 0 Å². The van der Waals surface area contributed by atoms with Gasteiger partial charge in [-0.2, -0.15) is 0 Å². The molecule has 0 aromatic carbocycles. The topological polar surface area (TPSA) is 54.6 Å². The number of hydrogen-bond acceptors (Lipinski definition) is 5. The Labute approximate surface area is 135 Å². The molecule has 1 saturated heterocycles. The van der Waals surface area contributed by atoms with Gasteiger partial charge in [-0.3, -0.25) is 0 Å². The summed E-state index contributed by atoms with van der Waals surface area (Å²) in [5.41, 5.74) is 6.58. The van der Waals surface area contributed by atoms with Crippen LogP contribution >= 0.6 is 20.1 Å². The van der Waals surface area contributed by atoms with E-state index >= 15 is 0 Å². The summed E-state index contributed by atoms with van der Waals surface area (Å²) in [5, 5.41) is 0. The number of nitrogens with two attached hydrogens (primary N) is 1. The standard InChI is InChI=1S/C15H27IN4O/c1-16(2)20-9-7-19(8-10-20)6-3-11-21-15-5-4-14(12-17)13-18-15/h4-5,13H,3,6-12,17H2,1-2H3. The van der Waals surface area contributed by atoms with E-state index in [1.54, 1.807) is 6.20 Å². The third-order valence-electron chi connectivity index (χ3n) is 3.70. The molecule has 0 aliphatic carbocycles. The summed E-state index contributed by atoms with van der Waals surface area (Å²) >= 11 is -0.757. The van der Waals surface area contributed by atoms with Gasteiger partial charge in [0, 0.05) is 6.54 Å². The molecular weight excluding hydrogens is 379 g/mol. The number of alkyl halides is 2. The molecule has 0 bridgehead atoms. The first-order valence-corrected chi connectivity index (χ1v) is 12.7. The minimum atomic E-state index is -0.757. The van der Waals surface area contributed by atoms with E-state index in [0.717, 1.165) is 25.1 Å². The van der Waals surface area contributed by atoms with E-state index in [4.69, 9.17) is 10.5 Å². The first-order chi connectivity index (χ1) is 10.2. The zero-order valence-electron chi connectivity index (χ0n) is 13.1. The van der Waals surface area contributed by atoms with Gasteiger partial charge < -0.3 is 5.73 Å². The second-order valence-corrected chi connectivity index (χ2v) is 10.8. The average Bonchev–Trinajstić information content (AvgIpc) is 2.52. The van der Waals surface area contributed by atoms with Crippen molar-refractivity contribution in [1.29, 1.82) is 0 Å².